The average Bonchev–Trinajstić information content (AvgIpc) is 2.55. The summed E-state index contributed by atoms with van der Waals surface area (Å²) in [4.78, 5) is 13.9. The van der Waals surface area contributed by atoms with Crippen LogP contribution < -0.4 is 15.4 Å². The highest BCUT2D eigenvalue weighted by molar-refractivity contribution is 5.97. The van der Waals surface area contributed by atoms with Crippen LogP contribution in [0.1, 0.15) is 5.56 Å². The van der Waals surface area contributed by atoms with Crippen LogP contribution in [0.2, 0.25) is 0 Å². The zero-order valence-corrected chi connectivity index (χ0v) is 13.9. The molecule has 0 saturated heterocycles. The highest BCUT2D eigenvalue weighted by Gasteiger charge is 2.07. The summed E-state index contributed by atoms with van der Waals surface area (Å²) in [5.41, 5.74) is 1.18. The molecule has 1 aromatic rings. The molecule has 0 aromatic heterocycles. The first kappa shape index (κ1) is 18.5. The van der Waals surface area contributed by atoms with E-state index in [9.17, 15) is 4.79 Å². The van der Waals surface area contributed by atoms with Gasteiger partial charge in [-0.2, -0.15) is 5.26 Å². The van der Waals surface area contributed by atoms with E-state index < -0.39 is 0 Å². The number of carbonyl (C=O) groups is 1. The van der Waals surface area contributed by atoms with Gasteiger partial charge in [0.25, 0.3) is 5.91 Å². The van der Waals surface area contributed by atoms with Crippen molar-refractivity contribution in [1.82, 2.24) is 15.5 Å². The summed E-state index contributed by atoms with van der Waals surface area (Å²) in [7, 11) is 5.54. The Labute approximate surface area is 137 Å². The Morgan fingerprint density at radius 3 is 2.57 bits per heavy atom. The van der Waals surface area contributed by atoms with Crippen LogP contribution in [-0.4, -0.2) is 51.6 Å². The first-order valence-electron chi connectivity index (χ1n) is 7.46. The molecule has 0 aliphatic carbocycles. The lowest BCUT2D eigenvalue weighted by Gasteiger charge is -2.09. The monoisotopic (exact) mass is 316 g/mol. The Morgan fingerprint density at radius 2 is 2.00 bits per heavy atom. The molecular weight excluding hydrogens is 292 g/mol. The second-order valence-corrected chi connectivity index (χ2v) is 5.28. The van der Waals surface area contributed by atoms with Gasteiger partial charge in [-0.05, 0) is 38.2 Å². The summed E-state index contributed by atoms with van der Waals surface area (Å²) in [6.45, 7) is 1.98. The van der Waals surface area contributed by atoms with Crippen LogP contribution in [0.5, 0.6) is 5.75 Å². The number of nitriles is 1. The largest absolute Gasteiger partial charge is 0.497 e. The van der Waals surface area contributed by atoms with E-state index in [1.54, 1.807) is 7.11 Å². The molecule has 0 aliphatic rings. The van der Waals surface area contributed by atoms with Crippen molar-refractivity contribution in [2.75, 3.05) is 40.8 Å². The lowest BCUT2D eigenvalue weighted by molar-refractivity contribution is -0.117. The van der Waals surface area contributed by atoms with Gasteiger partial charge < -0.3 is 20.3 Å². The molecule has 6 heteroatoms. The van der Waals surface area contributed by atoms with E-state index in [4.69, 9.17) is 10.00 Å². The predicted octanol–water partition coefficient (Wildman–Crippen LogP) is 0.913. The van der Waals surface area contributed by atoms with Crippen molar-refractivity contribution in [2.24, 2.45) is 0 Å². The third-order valence-corrected chi connectivity index (χ3v) is 3.17. The van der Waals surface area contributed by atoms with Gasteiger partial charge in [-0.15, -0.1) is 0 Å². The van der Waals surface area contributed by atoms with Gasteiger partial charge in [-0.3, -0.25) is 4.79 Å². The molecule has 1 rings (SSSR count). The van der Waals surface area contributed by atoms with Gasteiger partial charge in [-0.1, -0.05) is 12.1 Å². The number of benzene rings is 1. The minimum absolute atomic E-state index is 0.0819. The van der Waals surface area contributed by atoms with Crippen LogP contribution in [-0.2, 0) is 11.2 Å². The predicted molar refractivity (Wildman–Crippen MR) is 90.0 cm³/mol. The normalized spacial score (nSPS) is 11.0. The van der Waals surface area contributed by atoms with Crippen molar-refractivity contribution in [2.45, 2.75) is 6.42 Å². The van der Waals surface area contributed by atoms with Crippen molar-refractivity contribution in [3.63, 3.8) is 0 Å². The van der Waals surface area contributed by atoms with Crippen LogP contribution in [0.25, 0.3) is 0 Å². The molecule has 1 amide bonds. The number of hydrogen-bond donors (Lipinski definition) is 2. The number of likely N-dealkylation sites (N-methyl/N-ethyl adjacent to an activating group) is 1. The van der Waals surface area contributed by atoms with E-state index in [0.29, 0.717) is 19.5 Å². The van der Waals surface area contributed by atoms with E-state index in [0.717, 1.165) is 17.9 Å². The third-order valence-electron chi connectivity index (χ3n) is 3.17. The van der Waals surface area contributed by atoms with Crippen molar-refractivity contribution in [3.05, 3.63) is 41.6 Å². The Hall–Kier alpha value is -2.52. The molecule has 0 aliphatic heterocycles. The van der Waals surface area contributed by atoms with Crippen molar-refractivity contribution < 1.29 is 9.53 Å². The van der Waals surface area contributed by atoms with E-state index in [-0.39, 0.29) is 11.5 Å². The fourth-order valence-corrected chi connectivity index (χ4v) is 1.82. The van der Waals surface area contributed by atoms with Crippen molar-refractivity contribution >= 4 is 5.91 Å². The molecule has 0 unspecified atom stereocenters. The van der Waals surface area contributed by atoms with Crippen LogP contribution in [0, 0.1) is 11.3 Å². The quantitative estimate of drug-likeness (QED) is 0.402. The summed E-state index contributed by atoms with van der Waals surface area (Å²) in [5, 5.41) is 14.8. The second-order valence-electron chi connectivity index (χ2n) is 5.28. The topological polar surface area (TPSA) is 77.4 Å². The van der Waals surface area contributed by atoms with Crippen molar-refractivity contribution in [3.8, 4) is 11.8 Å². The highest BCUT2D eigenvalue weighted by atomic mass is 16.5. The molecule has 124 valence electrons. The number of methoxy groups -OCH3 is 1. The molecule has 0 saturated carbocycles. The van der Waals surface area contributed by atoms with E-state index in [1.807, 2.05) is 49.3 Å². The second kappa shape index (κ2) is 10.2. The summed E-state index contributed by atoms with van der Waals surface area (Å²) >= 11 is 0. The van der Waals surface area contributed by atoms with Gasteiger partial charge in [0, 0.05) is 25.8 Å². The van der Waals surface area contributed by atoms with Crippen LogP contribution in [0.4, 0.5) is 0 Å². The molecule has 2 N–H and O–H groups in total. The summed E-state index contributed by atoms with van der Waals surface area (Å²) in [6.07, 6.45) is 2.16. The average molecular weight is 316 g/mol. The molecule has 0 spiro atoms. The lowest BCUT2D eigenvalue weighted by atomic mass is 10.1. The smallest absolute Gasteiger partial charge is 0.263 e. The highest BCUT2D eigenvalue weighted by Crippen LogP contribution is 2.11. The fourth-order valence-electron chi connectivity index (χ4n) is 1.82. The van der Waals surface area contributed by atoms with E-state index in [1.165, 1.54) is 6.20 Å². The molecule has 1 aromatic carbocycles. The number of amides is 1. The number of ether oxygens (including phenoxy) is 1. The molecule has 23 heavy (non-hydrogen) atoms. The number of nitrogens with one attached hydrogen (secondary N) is 2. The van der Waals surface area contributed by atoms with Gasteiger partial charge in [0.1, 0.15) is 17.4 Å². The van der Waals surface area contributed by atoms with Crippen LogP contribution in [0.3, 0.4) is 0 Å². The number of carbonyl (C=O) groups excluding carboxylic acids is 1. The van der Waals surface area contributed by atoms with Gasteiger partial charge in [0.2, 0.25) is 0 Å². The Morgan fingerprint density at radius 1 is 1.30 bits per heavy atom. The maximum absolute atomic E-state index is 11.9. The molecule has 0 radical (unpaired) electrons. The SMILES string of the molecule is COc1ccc(CCNC(=O)/C(C#N)=C\NCCN(C)C)cc1. The minimum atomic E-state index is -0.363. The van der Waals surface area contributed by atoms with Crippen LogP contribution >= 0.6 is 0 Å². The van der Waals surface area contributed by atoms with Gasteiger partial charge in [0.15, 0.2) is 0 Å². The Bertz CT molecular complexity index is 559. The van der Waals surface area contributed by atoms with Crippen molar-refractivity contribution in [1.29, 1.82) is 5.26 Å². The molecule has 0 heterocycles. The van der Waals surface area contributed by atoms with E-state index in [2.05, 4.69) is 10.6 Å². The molecular formula is C17H24N4O2. The zero-order valence-electron chi connectivity index (χ0n) is 13.9. The molecule has 0 fully saturated rings. The first-order valence-corrected chi connectivity index (χ1v) is 7.46. The summed E-state index contributed by atoms with van der Waals surface area (Å²) < 4.78 is 5.10. The lowest BCUT2D eigenvalue weighted by Crippen LogP contribution is -2.29. The summed E-state index contributed by atoms with van der Waals surface area (Å²) in [5.74, 6) is 0.439. The first-order chi connectivity index (χ1) is 11.1. The third kappa shape index (κ3) is 7.34. The Balaban J connectivity index is 2.38. The number of nitrogens with zero attached hydrogens (tertiary/aromatic N) is 2. The molecule has 0 bridgehead atoms. The van der Waals surface area contributed by atoms with E-state index >= 15 is 0 Å². The molecule has 6 nitrogen and oxygen atoms in total. The number of rotatable bonds is 9. The van der Waals surface area contributed by atoms with Gasteiger partial charge >= 0.3 is 0 Å². The fraction of sp³-hybridized carbons (Fsp3) is 0.412. The maximum Gasteiger partial charge on any atom is 0.263 e. The van der Waals surface area contributed by atoms with Gasteiger partial charge in [-0.25, -0.2) is 0 Å². The number of hydrogen-bond acceptors (Lipinski definition) is 5. The van der Waals surface area contributed by atoms with Gasteiger partial charge in [0.05, 0.1) is 7.11 Å². The summed E-state index contributed by atoms with van der Waals surface area (Å²) in [6, 6.07) is 9.58. The Kier molecular flexibility index (Phi) is 8.25. The maximum atomic E-state index is 11.9. The van der Waals surface area contributed by atoms with Crippen LogP contribution in [0.15, 0.2) is 36.0 Å². The standard InChI is InChI=1S/C17H24N4O2/c1-21(2)11-10-19-13-15(12-18)17(22)20-9-8-14-4-6-16(23-3)7-5-14/h4-7,13,19H,8-11H2,1-3H3,(H,20,22)/b15-13-. The zero-order chi connectivity index (χ0) is 17.1. The molecule has 0 atom stereocenters. The minimum Gasteiger partial charge on any atom is -0.497 e.